The van der Waals surface area contributed by atoms with Crippen LogP contribution in [0, 0.1) is 0 Å². The first-order valence-corrected chi connectivity index (χ1v) is 6.46. The van der Waals surface area contributed by atoms with E-state index in [1.807, 2.05) is 6.07 Å². The van der Waals surface area contributed by atoms with Crippen molar-refractivity contribution in [2.75, 3.05) is 0 Å². The van der Waals surface area contributed by atoms with Crippen LogP contribution in [-0.2, 0) is 0 Å². The molecule has 2 aromatic heterocycles. The van der Waals surface area contributed by atoms with Crippen LogP contribution in [0.2, 0.25) is 0 Å². The maximum absolute atomic E-state index is 12.0. The highest BCUT2D eigenvalue weighted by Crippen LogP contribution is 2.37. The average Bonchev–Trinajstić information content (AvgIpc) is 3.18. The van der Waals surface area contributed by atoms with Gasteiger partial charge in [0.1, 0.15) is 11.4 Å². The lowest BCUT2D eigenvalue weighted by Gasteiger charge is -2.12. The molecule has 0 bridgehead atoms. The van der Waals surface area contributed by atoms with Gasteiger partial charge < -0.3 is 14.8 Å². The lowest BCUT2D eigenvalue weighted by Crippen LogP contribution is -2.21. The number of amides is 1. The van der Waals surface area contributed by atoms with E-state index in [9.17, 15) is 9.90 Å². The zero-order chi connectivity index (χ0) is 14.4. The number of furan rings is 1. The van der Waals surface area contributed by atoms with Gasteiger partial charge in [0, 0.05) is 5.56 Å². The van der Waals surface area contributed by atoms with Gasteiger partial charge in [-0.15, -0.1) is 0 Å². The topological polar surface area (TPSA) is 91.1 Å². The summed E-state index contributed by atoms with van der Waals surface area (Å²) >= 11 is 0. The second-order valence-corrected chi connectivity index (χ2v) is 4.84. The van der Waals surface area contributed by atoms with Crippen LogP contribution in [0.5, 0.6) is 5.75 Å². The number of aromatic amines is 1. The minimum absolute atomic E-state index is 0.182. The molecule has 1 unspecified atom stereocenters. The standard InChI is InChI=1S/C15H11N3O3/c19-9-5-3-8(4-6-9)12-11-13(10-2-1-7-21-10)17-18-14(11)15(20)16-12/h1-7,12,19H,(H,16,20)(H,17,18). The van der Waals surface area contributed by atoms with E-state index in [0.717, 1.165) is 11.1 Å². The van der Waals surface area contributed by atoms with Crippen molar-refractivity contribution >= 4 is 5.91 Å². The van der Waals surface area contributed by atoms with E-state index in [1.165, 1.54) is 0 Å². The van der Waals surface area contributed by atoms with Crippen LogP contribution in [0.15, 0.2) is 47.1 Å². The van der Waals surface area contributed by atoms with Crippen LogP contribution in [0.25, 0.3) is 11.5 Å². The van der Waals surface area contributed by atoms with E-state index < -0.39 is 0 Å². The molecule has 0 saturated carbocycles. The van der Waals surface area contributed by atoms with Crippen molar-refractivity contribution in [3.8, 4) is 17.2 Å². The highest BCUT2D eigenvalue weighted by atomic mass is 16.3. The molecule has 0 saturated heterocycles. The zero-order valence-corrected chi connectivity index (χ0v) is 10.8. The Kier molecular flexibility index (Phi) is 2.38. The number of aromatic hydroxyl groups is 1. The largest absolute Gasteiger partial charge is 0.508 e. The number of rotatable bonds is 2. The van der Waals surface area contributed by atoms with Gasteiger partial charge in [-0.05, 0) is 29.8 Å². The molecule has 104 valence electrons. The van der Waals surface area contributed by atoms with Crippen molar-refractivity contribution in [1.82, 2.24) is 15.5 Å². The van der Waals surface area contributed by atoms with Gasteiger partial charge in [0.15, 0.2) is 11.5 Å². The number of carbonyl (C=O) groups excluding carboxylic acids is 1. The van der Waals surface area contributed by atoms with Crippen molar-refractivity contribution in [3.05, 3.63) is 59.5 Å². The van der Waals surface area contributed by atoms with E-state index in [4.69, 9.17) is 4.42 Å². The number of carbonyl (C=O) groups is 1. The molecule has 4 rings (SSSR count). The third-order valence-corrected chi connectivity index (χ3v) is 3.58. The second-order valence-electron chi connectivity index (χ2n) is 4.84. The van der Waals surface area contributed by atoms with Crippen LogP contribution >= 0.6 is 0 Å². The smallest absolute Gasteiger partial charge is 0.272 e. The van der Waals surface area contributed by atoms with Gasteiger partial charge in [0.25, 0.3) is 5.91 Å². The summed E-state index contributed by atoms with van der Waals surface area (Å²) in [6.45, 7) is 0. The zero-order valence-electron chi connectivity index (χ0n) is 10.8. The monoisotopic (exact) mass is 281 g/mol. The van der Waals surface area contributed by atoms with Gasteiger partial charge in [0.05, 0.1) is 12.3 Å². The summed E-state index contributed by atoms with van der Waals surface area (Å²) in [5.74, 6) is 0.586. The van der Waals surface area contributed by atoms with Crippen molar-refractivity contribution in [2.45, 2.75) is 6.04 Å². The fourth-order valence-corrected chi connectivity index (χ4v) is 2.60. The van der Waals surface area contributed by atoms with Gasteiger partial charge in [-0.1, -0.05) is 12.1 Å². The molecule has 1 atom stereocenters. The Hall–Kier alpha value is -3.02. The number of H-pyrrole nitrogens is 1. The van der Waals surface area contributed by atoms with Crippen LogP contribution < -0.4 is 5.32 Å². The number of phenolic OH excluding ortho intramolecular Hbond substituents is 1. The molecule has 0 spiro atoms. The quantitative estimate of drug-likeness (QED) is 0.671. The molecule has 3 aromatic rings. The van der Waals surface area contributed by atoms with Crippen LogP contribution in [0.1, 0.15) is 27.7 Å². The predicted octanol–water partition coefficient (Wildman–Crippen LogP) is 2.21. The molecule has 6 heteroatoms. The van der Waals surface area contributed by atoms with Crippen molar-refractivity contribution in [2.24, 2.45) is 0 Å². The first kappa shape index (κ1) is 11.8. The molecule has 1 aliphatic rings. The summed E-state index contributed by atoms with van der Waals surface area (Å²) in [6.07, 6.45) is 1.57. The Balaban J connectivity index is 1.86. The van der Waals surface area contributed by atoms with Crippen molar-refractivity contribution in [3.63, 3.8) is 0 Å². The van der Waals surface area contributed by atoms with Crippen molar-refractivity contribution < 1.29 is 14.3 Å². The molecule has 0 fully saturated rings. The van der Waals surface area contributed by atoms with E-state index >= 15 is 0 Å². The Morgan fingerprint density at radius 1 is 1.19 bits per heavy atom. The summed E-state index contributed by atoms with van der Waals surface area (Å²) in [5, 5.41) is 19.2. The summed E-state index contributed by atoms with van der Waals surface area (Å²) in [5.41, 5.74) is 2.70. The Morgan fingerprint density at radius 2 is 2.00 bits per heavy atom. The number of fused-ring (bicyclic) bond motifs is 1. The summed E-state index contributed by atoms with van der Waals surface area (Å²) in [6, 6.07) is 10.0. The molecule has 1 aromatic carbocycles. The highest BCUT2D eigenvalue weighted by molar-refractivity contribution is 5.99. The normalized spacial score (nSPS) is 16.8. The number of benzene rings is 1. The average molecular weight is 281 g/mol. The Bertz CT molecular complexity index is 803. The third kappa shape index (κ3) is 1.73. The number of nitrogens with zero attached hydrogens (tertiary/aromatic N) is 1. The molecule has 0 aliphatic carbocycles. The molecular weight excluding hydrogens is 270 g/mol. The van der Waals surface area contributed by atoms with Crippen molar-refractivity contribution in [1.29, 1.82) is 0 Å². The SMILES string of the molecule is O=C1NC(c2ccc(O)cc2)c2c1n[nH]c2-c1ccco1. The molecule has 21 heavy (non-hydrogen) atoms. The molecule has 1 amide bonds. The lowest BCUT2D eigenvalue weighted by atomic mass is 9.99. The van der Waals surface area contributed by atoms with E-state index in [2.05, 4.69) is 15.5 Å². The minimum Gasteiger partial charge on any atom is -0.508 e. The predicted molar refractivity (Wildman–Crippen MR) is 73.7 cm³/mol. The maximum Gasteiger partial charge on any atom is 0.272 e. The molecule has 3 N–H and O–H groups in total. The fraction of sp³-hybridized carbons (Fsp3) is 0.0667. The van der Waals surface area contributed by atoms with E-state index in [1.54, 1.807) is 36.6 Å². The van der Waals surface area contributed by atoms with Gasteiger partial charge in [-0.25, -0.2) is 0 Å². The first-order chi connectivity index (χ1) is 10.2. The number of aromatic nitrogens is 2. The second kappa shape index (κ2) is 4.24. The molecule has 1 aliphatic heterocycles. The molecule has 3 heterocycles. The van der Waals surface area contributed by atoms with Gasteiger partial charge in [0.2, 0.25) is 0 Å². The van der Waals surface area contributed by atoms with Crippen LogP contribution in [0.3, 0.4) is 0 Å². The van der Waals surface area contributed by atoms with Gasteiger partial charge in [-0.3, -0.25) is 9.89 Å². The summed E-state index contributed by atoms with van der Waals surface area (Å²) in [4.78, 5) is 12.0. The van der Waals surface area contributed by atoms with Gasteiger partial charge >= 0.3 is 0 Å². The molecular formula is C15H11N3O3. The Labute approximate surface area is 119 Å². The Morgan fingerprint density at radius 3 is 2.71 bits per heavy atom. The van der Waals surface area contributed by atoms with Gasteiger partial charge in [-0.2, -0.15) is 5.10 Å². The summed E-state index contributed by atoms with van der Waals surface area (Å²) < 4.78 is 5.39. The van der Waals surface area contributed by atoms with Crippen LogP contribution in [-0.4, -0.2) is 21.2 Å². The summed E-state index contributed by atoms with van der Waals surface area (Å²) in [7, 11) is 0. The number of hydrogen-bond donors (Lipinski definition) is 3. The highest BCUT2D eigenvalue weighted by Gasteiger charge is 2.36. The number of hydrogen-bond acceptors (Lipinski definition) is 4. The molecule has 0 radical (unpaired) electrons. The minimum atomic E-state index is -0.313. The number of nitrogens with one attached hydrogen (secondary N) is 2. The van der Waals surface area contributed by atoms with Crippen LogP contribution in [0.4, 0.5) is 0 Å². The maximum atomic E-state index is 12.0. The molecule has 6 nitrogen and oxygen atoms in total. The van der Waals surface area contributed by atoms with E-state index in [-0.39, 0.29) is 17.7 Å². The van der Waals surface area contributed by atoms with E-state index in [0.29, 0.717) is 17.1 Å². The number of phenols is 1. The fourth-order valence-electron chi connectivity index (χ4n) is 2.60. The third-order valence-electron chi connectivity index (χ3n) is 3.58. The lowest BCUT2D eigenvalue weighted by molar-refractivity contribution is 0.0955. The first-order valence-electron chi connectivity index (χ1n) is 6.46.